The molecule has 2 heterocycles. The van der Waals surface area contributed by atoms with Gasteiger partial charge in [0, 0.05) is 6.42 Å². The van der Waals surface area contributed by atoms with Crippen LogP contribution in [-0.4, -0.2) is 38.0 Å². The largest absolute Gasteiger partial charge is 0.372 e. The van der Waals surface area contributed by atoms with Crippen LogP contribution in [0.15, 0.2) is 12.7 Å². The van der Waals surface area contributed by atoms with E-state index in [1.54, 1.807) is 6.08 Å². The summed E-state index contributed by atoms with van der Waals surface area (Å²) in [6.45, 7) is 7.20. The molecule has 1 spiro atoms. The van der Waals surface area contributed by atoms with Crippen LogP contribution in [0.2, 0.25) is 0 Å². The molecule has 2 fully saturated rings. The summed E-state index contributed by atoms with van der Waals surface area (Å²) >= 11 is 0. The SMILES string of the molecule is C=CCOC1COC2(CCNCC2)C1. The molecule has 0 bridgehead atoms. The van der Waals surface area contributed by atoms with E-state index < -0.39 is 0 Å². The minimum atomic E-state index is 0.122. The van der Waals surface area contributed by atoms with Crippen LogP contribution in [-0.2, 0) is 9.47 Å². The van der Waals surface area contributed by atoms with Gasteiger partial charge in [0.25, 0.3) is 0 Å². The molecule has 1 N–H and O–H groups in total. The van der Waals surface area contributed by atoms with Crippen molar-refractivity contribution in [1.29, 1.82) is 0 Å². The monoisotopic (exact) mass is 197 g/mol. The van der Waals surface area contributed by atoms with Gasteiger partial charge in [0.1, 0.15) is 0 Å². The summed E-state index contributed by atoms with van der Waals surface area (Å²) in [6.07, 6.45) is 5.39. The van der Waals surface area contributed by atoms with Gasteiger partial charge in [0.2, 0.25) is 0 Å². The van der Waals surface area contributed by atoms with Gasteiger partial charge >= 0.3 is 0 Å². The second-order valence-electron chi connectivity index (χ2n) is 4.19. The average molecular weight is 197 g/mol. The molecule has 2 aliphatic heterocycles. The molecular weight excluding hydrogens is 178 g/mol. The van der Waals surface area contributed by atoms with Crippen LogP contribution in [0.25, 0.3) is 0 Å². The van der Waals surface area contributed by atoms with Crippen LogP contribution in [0.5, 0.6) is 0 Å². The van der Waals surface area contributed by atoms with Crippen LogP contribution < -0.4 is 5.32 Å². The van der Waals surface area contributed by atoms with Crippen LogP contribution in [0.3, 0.4) is 0 Å². The lowest BCUT2D eigenvalue weighted by atomic mass is 9.89. The van der Waals surface area contributed by atoms with E-state index in [0.29, 0.717) is 6.61 Å². The number of piperidine rings is 1. The molecule has 80 valence electrons. The Bertz CT molecular complexity index is 199. The van der Waals surface area contributed by atoms with Crippen molar-refractivity contribution in [3.05, 3.63) is 12.7 Å². The molecule has 14 heavy (non-hydrogen) atoms. The van der Waals surface area contributed by atoms with Gasteiger partial charge in [0.15, 0.2) is 0 Å². The van der Waals surface area contributed by atoms with E-state index in [-0.39, 0.29) is 11.7 Å². The second kappa shape index (κ2) is 4.43. The number of hydrogen-bond donors (Lipinski definition) is 1. The van der Waals surface area contributed by atoms with Crippen LogP contribution in [0.4, 0.5) is 0 Å². The Morgan fingerprint density at radius 2 is 2.29 bits per heavy atom. The Morgan fingerprint density at radius 3 is 3.00 bits per heavy atom. The second-order valence-corrected chi connectivity index (χ2v) is 4.19. The van der Waals surface area contributed by atoms with Crippen molar-refractivity contribution in [3.63, 3.8) is 0 Å². The Morgan fingerprint density at radius 1 is 1.50 bits per heavy atom. The molecule has 0 saturated carbocycles. The minimum Gasteiger partial charge on any atom is -0.372 e. The Kier molecular flexibility index (Phi) is 3.21. The summed E-state index contributed by atoms with van der Waals surface area (Å²) < 4.78 is 11.5. The standard InChI is InChI=1S/C11H19NO2/c1-2-7-13-10-8-11(14-9-10)3-5-12-6-4-11/h2,10,12H,1,3-9H2. The van der Waals surface area contributed by atoms with Crippen molar-refractivity contribution < 1.29 is 9.47 Å². The third-order valence-electron chi connectivity index (χ3n) is 3.14. The van der Waals surface area contributed by atoms with Gasteiger partial charge in [-0.05, 0) is 25.9 Å². The van der Waals surface area contributed by atoms with E-state index in [1.165, 1.54) is 0 Å². The van der Waals surface area contributed by atoms with Crippen molar-refractivity contribution in [2.75, 3.05) is 26.3 Å². The minimum absolute atomic E-state index is 0.122. The Balaban J connectivity index is 1.82. The van der Waals surface area contributed by atoms with Crippen molar-refractivity contribution in [1.82, 2.24) is 5.32 Å². The lowest BCUT2D eigenvalue weighted by molar-refractivity contribution is -0.0225. The van der Waals surface area contributed by atoms with Crippen molar-refractivity contribution in [2.45, 2.75) is 31.0 Å². The first-order valence-corrected chi connectivity index (χ1v) is 5.42. The van der Waals surface area contributed by atoms with Gasteiger partial charge in [0.05, 0.1) is 24.9 Å². The molecule has 0 radical (unpaired) electrons. The average Bonchev–Trinajstić information content (AvgIpc) is 2.60. The highest BCUT2D eigenvalue weighted by molar-refractivity contribution is 4.93. The van der Waals surface area contributed by atoms with Crippen molar-refractivity contribution >= 4 is 0 Å². The summed E-state index contributed by atoms with van der Waals surface area (Å²) in [5.74, 6) is 0. The van der Waals surface area contributed by atoms with Gasteiger partial charge in [-0.15, -0.1) is 6.58 Å². The van der Waals surface area contributed by atoms with E-state index in [2.05, 4.69) is 11.9 Å². The first-order chi connectivity index (χ1) is 6.85. The molecule has 2 aliphatic rings. The fourth-order valence-corrected chi connectivity index (χ4v) is 2.34. The third-order valence-corrected chi connectivity index (χ3v) is 3.14. The predicted octanol–water partition coefficient (Wildman–Crippen LogP) is 1.10. The maximum Gasteiger partial charge on any atom is 0.0840 e. The van der Waals surface area contributed by atoms with E-state index in [4.69, 9.17) is 9.47 Å². The number of ether oxygens (including phenoxy) is 2. The number of hydrogen-bond acceptors (Lipinski definition) is 3. The lowest BCUT2D eigenvalue weighted by Crippen LogP contribution is -2.41. The zero-order chi connectivity index (χ0) is 9.86. The highest BCUT2D eigenvalue weighted by Gasteiger charge is 2.41. The van der Waals surface area contributed by atoms with Crippen LogP contribution in [0, 0.1) is 0 Å². The molecule has 3 heteroatoms. The fourth-order valence-electron chi connectivity index (χ4n) is 2.34. The van der Waals surface area contributed by atoms with E-state index in [0.717, 1.165) is 39.0 Å². The lowest BCUT2D eigenvalue weighted by Gasteiger charge is -2.32. The molecule has 2 saturated heterocycles. The normalized spacial score (nSPS) is 30.7. The van der Waals surface area contributed by atoms with Gasteiger partial charge in [-0.3, -0.25) is 0 Å². The third kappa shape index (κ3) is 2.16. The van der Waals surface area contributed by atoms with Crippen molar-refractivity contribution in [2.24, 2.45) is 0 Å². The Hall–Kier alpha value is -0.380. The maximum absolute atomic E-state index is 5.89. The molecule has 3 nitrogen and oxygen atoms in total. The molecule has 1 atom stereocenters. The summed E-state index contributed by atoms with van der Waals surface area (Å²) in [5, 5.41) is 3.36. The van der Waals surface area contributed by atoms with E-state index in [9.17, 15) is 0 Å². The van der Waals surface area contributed by atoms with E-state index in [1.807, 2.05) is 0 Å². The molecule has 0 amide bonds. The molecule has 0 aliphatic carbocycles. The zero-order valence-electron chi connectivity index (χ0n) is 8.63. The van der Waals surface area contributed by atoms with Gasteiger partial charge < -0.3 is 14.8 Å². The molecule has 0 aromatic heterocycles. The number of rotatable bonds is 3. The van der Waals surface area contributed by atoms with Crippen LogP contribution in [0.1, 0.15) is 19.3 Å². The summed E-state index contributed by atoms with van der Waals surface area (Å²) in [6, 6.07) is 0. The summed E-state index contributed by atoms with van der Waals surface area (Å²) in [5.41, 5.74) is 0.122. The molecule has 0 aromatic rings. The topological polar surface area (TPSA) is 30.5 Å². The first kappa shape index (κ1) is 10.1. The highest BCUT2D eigenvalue weighted by Crippen LogP contribution is 2.34. The smallest absolute Gasteiger partial charge is 0.0840 e. The highest BCUT2D eigenvalue weighted by atomic mass is 16.6. The molecule has 2 rings (SSSR count). The quantitative estimate of drug-likeness (QED) is 0.687. The Labute approximate surface area is 85.5 Å². The predicted molar refractivity (Wildman–Crippen MR) is 55.3 cm³/mol. The molecular formula is C11H19NO2. The summed E-state index contributed by atoms with van der Waals surface area (Å²) in [7, 11) is 0. The fraction of sp³-hybridized carbons (Fsp3) is 0.818. The maximum atomic E-state index is 5.89. The van der Waals surface area contributed by atoms with Gasteiger partial charge in [-0.2, -0.15) is 0 Å². The molecule has 0 aromatic carbocycles. The zero-order valence-corrected chi connectivity index (χ0v) is 8.63. The first-order valence-electron chi connectivity index (χ1n) is 5.42. The van der Waals surface area contributed by atoms with Crippen LogP contribution >= 0.6 is 0 Å². The van der Waals surface area contributed by atoms with Crippen molar-refractivity contribution in [3.8, 4) is 0 Å². The van der Waals surface area contributed by atoms with E-state index >= 15 is 0 Å². The number of nitrogens with one attached hydrogen (secondary N) is 1. The molecule has 1 unspecified atom stereocenters. The summed E-state index contributed by atoms with van der Waals surface area (Å²) in [4.78, 5) is 0. The van der Waals surface area contributed by atoms with Gasteiger partial charge in [-0.25, -0.2) is 0 Å². The van der Waals surface area contributed by atoms with Gasteiger partial charge in [-0.1, -0.05) is 6.08 Å².